The van der Waals surface area contributed by atoms with Crippen LogP contribution >= 0.6 is 0 Å². The van der Waals surface area contributed by atoms with Gasteiger partial charge >= 0.3 is 0 Å². The summed E-state index contributed by atoms with van der Waals surface area (Å²) in [5, 5.41) is 7.55. The van der Waals surface area contributed by atoms with Crippen LogP contribution in [0.15, 0.2) is 182 Å². The number of aromatic nitrogens is 3. The van der Waals surface area contributed by atoms with E-state index in [0.717, 1.165) is 87.9 Å². The fraction of sp³-hybridized carbons (Fsp3) is 0.232. The van der Waals surface area contributed by atoms with Crippen LogP contribution in [0.5, 0.6) is 11.5 Å². The van der Waals surface area contributed by atoms with Crippen molar-refractivity contribution in [3.8, 4) is 28.4 Å². The van der Waals surface area contributed by atoms with Crippen molar-refractivity contribution in [2.75, 3.05) is 4.90 Å². The third-order valence-corrected chi connectivity index (χ3v) is 14.9. The summed E-state index contributed by atoms with van der Waals surface area (Å²) in [6.07, 6.45) is 1.87. The summed E-state index contributed by atoms with van der Waals surface area (Å²) in [5.74, 6) is 1.01. The number of hydrogen-bond acceptors (Lipinski definition) is 3. The smallest absolute Gasteiger partial charge is 0.137 e. The van der Waals surface area contributed by atoms with Gasteiger partial charge < -0.3 is 14.2 Å². The predicted molar refractivity (Wildman–Crippen MR) is 315 cm³/mol. The molecule has 0 spiro atoms. The molecule has 0 bridgehead atoms. The molecule has 0 atom stereocenters. The molecule has 0 N–H and O–H groups in total. The molecule has 368 valence electrons. The molecule has 0 saturated heterocycles. The Bertz CT molecular complexity index is 4510. The Morgan fingerprint density at radius 2 is 1.16 bits per heavy atom. The average Bonchev–Trinajstić information content (AvgIpc) is 1.70. The molecule has 4 heterocycles. The van der Waals surface area contributed by atoms with E-state index < -0.39 is 37.3 Å². The second-order valence-electron chi connectivity index (χ2n) is 22.2. The number of para-hydroxylation sites is 3. The second kappa shape index (κ2) is 17.4. The monoisotopic (exact) mass is 977 g/mol. The molecule has 0 amide bonds. The number of benzene rings is 8. The van der Waals surface area contributed by atoms with Crippen molar-refractivity contribution >= 4 is 76.5 Å². The largest absolute Gasteiger partial charge is 0.457 e. The molecule has 12 rings (SSSR count). The number of pyridine rings is 1. The normalized spacial score (nSPS) is 15.8. The fourth-order valence-corrected chi connectivity index (χ4v) is 11.2. The first-order valence-corrected chi connectivity index (χ1v) is 25.5. The number of hydrogen-bond donors (Lipinski definition) is 0. The van der Waals surface area contributed by atoms with Gasteiger partial charge in [-0.25, -0.2) is 4.98 Å². The van der Waals surface area contributed by atoms with Gasteiger partial charge in [0.05, 0.1) is 27.8 Å². The van der Waals surface area contributed by atoms with Crippen molar-refractivity contribution in [3.63, 3.8) is 0 Å². The Morgan fingerprint density at radius 1 is 0.527 bits per heavy atom. The van der Waals surface area contributed by atoms with Crippen molar-refractivity contribution in [2.45, 2.75) is 105 Å². The first-order chi connectivity index (χ1) is 39.5. The Morgan fingerprint density at radius 3 is 1.92 bits per heavy atom. The van der Waals surface area contributed by atoms with Gasteiger partial charge in [-0.15, -0.1) is 0 Å². The number of anilines is 2. The second-order valence-corrected chi connectivity index (χ2v) is 22.2. The minimum absolute atomic E-state index is 0.0896. The maximum absolute atomic E-state index is 9.67. The quantitative estimate of drug-likeness (QED) is 0.167. The van der Waals surface area contributed by atoms with Crippen LogP contribution in [0, 0.1) is 0 Å². The molecule has 8 aromatic carbocycles. The van der Waals surface area contributed by atoms with Crippen LogP contribution in [0.2, 0.25) is 0 Å². The minimum Gasteiger partial charge on any atom is -0.457 e. The van der Waals surface area contributed by atoms with E-state index in [-0.39, 0.29) is 17.6 Å². The van der Waals surface area contributed by atoms with Crippen LogP contribution < -0.4 is 9.64 Å². The van der Waals surface area contributed by atoms with Crippen molar-refractivity contribution in [1.29, 1.82) is 0 Å². The Kier molecular flexibility index (Phi) is 8.67. The zero-order chi connectivity index (χ0) is 59.8. The van der Waals surface area contributed by atoms with E-state index in [9.17, 15) is 1.37 Å². The first kappa shape index (κ1) is 36.9. The Hall–Kier alpha value is -7.89. The first-order valence-electron chi connectivity index (χ1n) is 30.5. The predicted octanol–water partition coefficient (Wildman–Crippen LogP) is 19.3. The standard InChI is InChI=1S/C69H66N4O/c1-43(2)51-25-17-27-57-53-22-12-13-23-54(53)58-28-18-26-52(44-36-46(68(6,7)8)38-47(37-44)69(9,10)11)65(58)72-42-71(61-31-19-29-59(64(51)57)66(61)72)48-20-16-21-49(40-48)74-50-32-33-56-55-24-14-15-30-60(55)73(62(56)41-50)63-39-45(34-35-70-63)67(3,4)5/h12-41,43H,42H2,1-11H3/i6D3,7D3,8D3,43D. The van der Waals surface area contributed by atoms with Crippen molar-refractivity contribution in [2.24, 2.45) is 0 Å². The lowest BCUT2D eigenvalue weighted by Gasteiger charge is -2.27. The summed E-state index contributed by atoms with van der Waals surface area (Å²) >= 11 is 0. The van der Waals surface area contributed by atoms with Crippen molar-refractivity contribution in [1.82, 2.24) is 14.1 Å². The molecule has 11 aromatic rings. The Balaban J connectivity index is 1.12. The lowest BCUT2D eigenvalue weighted by atomic mass is 9.78. The highest BCUT2D eigenvalue weighted by atomic mass is 16.5. The van der Waals surface area contributed by atoms with Crippen LogP contribution in [-0.2, 0) is 22.9 Å². The van der Waals surface area contributed by atoms with E-state index in [2.05, 4.69) is 126 Å². The van der Waals surface area contributed by atoms with Gasteiger partial charge in [-0.3, -0.25) is 4.57 Å². The lowest BCUT2D eigenvalue weighted by Crippen LogP contribution is -2.17. The Labute approximate surface area is 450 Å². The van der Waals surface area contributed by atoms with Crippen LogP contribution in [0.3, 0.4) is 0 Å². The fourth-order valence-electron chi connectivity index (χ4n) is 11.2. The summed E-state index contributed by atoms with van der Waals surface area (Å²) in [6, 6.07) is 58.3. The van der Waals surface area contributed by atoms with Crippen molar-refractivity contribution in [3.05, 3.63) is 204 Å². The molecule has 0 aliphatic carbocycles. The highest BCUT2D eigenvalue weighted by Gasteiger charge is 2.28. The van der Waals surface area contributed by atoms with Gasteiger partial charge in [-0.1, -0.05) is 191 Å². The topological polar surface area (TPSA) is 35.2 Å². The van der Waals surface area contributed by atoms with Gasteiger partial charge in [0.25, 0.3) is 0 Å². The summed E-state index contributed by atoms with van der Waals surface area (Å²) in [5.41, 5.74) is 4.57. The third-order valence-electron chi connectivity index (χ3n) is 14.9. The van der Waals surface area contributed by atoms with E-state index in [4.69, 9.17) is 22.1 Å². The zero-order valence-corrected chi connectivity index (χ0v) is 43.2. The molecule has 5 nitrogen and oxygen atoms in total. The van der Waals surface area contributed by atoms with Crippen LogP contribution in [0.25, 0.3) is 82.1 Å². The molecule has 0 fully saturated rings. The van der Waals surface area contributed by atoms with Crippen LogP contribution in [0.4, 0.5) is 11.4 Å². The molecular weight excluding hydrogens is 901 g/mol. The molecule has 1 aliphatic rings. The van der Waals surface area contributed by atoms with Gasteiger partial charge in [0.15, 0.2) is 0 Å². The molecular formula is C69H66N4O. The minimum atomic E-state index is -3.49. The van der Waals surface area contributed by atoms with Gasteiger partial charge in [0.2, 0.25) is 0 Å². The van der Waals surface area contributed by atoms with E-state index in [1.807, 2.05) is 114 Å². The van der Waals surface area contributed by atoms with Gasteiger partial charge in [-0.2, -0.15) is 0 Å². The molecule has 1 aliphatic heterocycles. The number of nitrogens with zero attached hydrogens (tertiary/aromatic N) is 4. The van der Waals surface area contributed by atoms with E-state index in [0.29, 0.717) is 28.2 Å². The molecule has 0 saturated carbocycles. The van der Waals surface area contributed by atoms with Crippen LogP contribution in [-0.4, -0.2) is 14.1 Å². The van der Waals surface area contributed by atoms with E-state index in [1.54, 1.807) is 0 Å². The summed E-state index contributed by atoms with van der Waals surface area (Å²) < 4.78 is 101. The summed E-state index contributed by atoms with van der Waals surface area (Å²) in [7, 11) is 0. The van der Waals surface area contributed by atoms with Crippen molar-refractivity contribution < 1.29 is 18.4 Å². The molecule has 74 heavy (non-hydrogen) atoms. The maximum Gasteiger partial charge on any atom is 0.137 e. The van der Waals surface area contributed by atoms with Crippen LogP contribution in [0.1, 0.15) is 118 Å². The zero-order valence-electron chi connectivity index (χ0n) is 53.2. The van der Waals surface area contributed by atoms with E-state index in [1.165, 1.54) is 17.7 Å². The van der Waals surface area contributed by atoms with E-state index >= 15 is 0 Å². The van der Waals surface area contributed by atoms with Gasteiger partial charge in [0, 0.05) is 64.8 Å². The number of ether oxygens (including phenoxy) is 1. The third kappa shape index (κ3) is 7.96. The number of fused-ring (bicyclic) bond motifs is 10. The van der Waals surface area contributed by atoms with Gasteiger partial charge in [0.1, 0.15) is 24.0 Å². The molecule has 5 heteroatoms. The summed E-state index contributed by atoms with van der Waals surface area (Å²) in [4.78, 5) is 7.13. The molecule has 3 aromatic heterocycles. The average molecular weight is 977 g/mol. The lowest BCUT2D eigenvalue weighted by molar-refractivity contribution is 0.483. The van der Waals surface area contributed by atoms with Gasteiger partial charge in [-0.05, 0) is 120 Å². The highest BCUT2D eigenvalue weighted by Crippen LogP contribution is 2.47. The summed E-state index contributed by atoms with van der Waals surface area (Å²) in [6.45, 7) is 6.03. The number of rotatable bonds is 6. The SMILES string of the molecule is [2H]C(C)(C)c1cccc2c3ccccc3c3cccc(-c4cc(C(C)(C)C)cc(C(C([2H])([2H])[2H])(C([2H])([2H])[2H])C([2H])([2H])[2H])c4)c3n3c4c(cccc4c12)N(c1cccc(Oc2ccc4c5ccccc5n(-c5cc(C(C)(C)C)ccn5)c4c2)c1)C3. The molecule has 0 radical (unpaired) electrons. The maximum atomic E-state index is 9.67. The molecule has 0 unspecified atom stereocenters. The highest BCUT2D eigenvalue weighted by molar-refractivity contribution is 6.23.